The number of nitrogens with zero attached hydrogens (tertiary/aromatic N) is 2. The SMILES string of the molecule is CC(CO)C(C)Nc1ccc(C(N)=O)nn1. The molecule has 1 rings (SSSR count). The Labute approximate surface area is 93.9 Å². The normalized spacial score (nSPS) is 14.2. The third kappa shape index (κ3) is 3.16. The molecule has 0 bridgehead atoms. The number of aromatic nitrogens is 2. The molecule has 0 aliphatic rings. The van der Waals surface area contributed by atoms with E-state index < -0.39 is 5.91 Å². The van der Waals surface area contributed by atoms with Gasteiger partial charge in [-0.1, -0.05) is 6.92 Å². The molecule has 6 nitrogen and oxygen atoms in total. The summed E-state index contributed by atoms with van der Waals surface area (Å²) in [5.41, 5.74) is 5.17. The highest BCUT2D eigenvalue weighted by Gasteiger charge is 2.11. The van der Waals surface area contributed by atoms with Gasteiger partial charge < -0.3 is 16.2 Å². The van der Waals surface area contributed by atoms with Crippen molar-refractivity contribution in [3.8, 4) is 0 Å². The highest BCUT2D eigenvalue weighted by Crippen LogP contribution is 2.09. The van der Waals surface area contributed by atoms with Crippen LogP contribution in [-0.2, 0) is 0 Å². The first-order chi connectivity index (χ1) is 7.54. The van der Waals surface area contributed by atoms with Crippen LogP contribution in [0.5, 0.6) is 0 Å². The highest BCUT2D eigenvalue weighted by molar-refractivity contribution is 5.90. The fourth-order valence-corrected chi connectivity index (χ4v) is 1.07. The molecular formula is C10H16N4O2. The molecule has 1 heterocycles. The van der Waals surface area contributed by atoms with Gasteiger partial charge in [0.25, 0.3) is 5.91 Å². The Hall–Kier alpha value is -1.69. The van der Waals surface area contributed by atoms with Crippen molar-refractivity contribution in [2.24, 2.45) is 11.7 Å². The monoisotopic (exact) mass is 224 g/mol. The van der Waals surface area contributed by atoms with Crippen molar-refractivity contribution in [3.05, 3.63) is 17.8 Å². The van der Waals surface area contributed by atoms with Crippen LogP contribution in [0.3, 0.4) is 0 Å². The second-order valence-corrected chi connectivity index (χ2v) is 3.76. The van der Waals surface area contributed by atoms with Gasteiger partial charge in [0.2, 0.25) is 0 Å². The molecule has 1 amide bonds. The first kappa shape index (κ1) is 12.4. The summed E-state index contributed by atoms with van der Waals surface area (Å²) >= 11 is 0. The van der Waals surface area contributed by atoms with Gasteiger partial charge in [0, 0.05) is 12.6 Å². The molecule has 88 valence electrons. The molecule has 0 aromatic carbocycles. The molecular weight excluding hydrogens is 208 g/mol. The largest absolute Gasteiger partial charge is 0.396 e. The van der Waals surface area contributed by atoms with E-state index in [-0.39, 0.29) is 24.3 Å². The van der Waals surface area contributed by atoms with Crippen LogP contribution in [0.1, 0.15) is 24.3 Å². The Morgan fingerprint density at radius 3 is 2.62 bits per heavy atom. The fourth-order valence-electron chi connectivity index (χ4n) is 1.07. The van der Waals surface area contributed by atoms with E-state index >= 15 is 0 Å². The summed E-state index contributed by atoms with van der Waals surface area (Å²) < 4.78 is 0. The van der Waals surface area contributed by atoms with Gasteiger partial charge in [-0.25, -0.2) is 0 Å². The summed E-state index contributed by atoms with van der Waals surface area (Å²) in [6, 6.07) is 3.21. The van der Waals surface area contributed by atoms with E-state index in [1.807, 2.05) is 13.8 Å². The molecule has 6 heteroatoms. The second-order valence-electron chi connectivity index (χ2n) is 3.76. The maximum Gasteiger partial charge on any atom is 0.269 e. The van der Waals surface area contributed by atoms with Crippen molar-refractivity contribution >= 4 is 11.7 Å². The highest BCUT2D eigenvalue weighted by atomic mass is 16.3. The fraction of sp³-hybridized carbons (Fsp3) is 0.500. The molecule has 0 spiro atoms. The Kier molecular flexibility index (Phi) is 4.19. The number of nitrogens with one attached hydrogen (secondary N) is 1. The van der Waals surface area contributed by atoms with E-state index in [0.717, 1.165) is 0 Å². The maximum atomic E-state index is 10.8. The van der Waals surface area contributed by atoms with Crippen LogP contribution in [0.15, 0.2) is 12.1 Å². The Morgan fingerprint density at radius 1 is 1.50 bits per heavy atom. The molecule has 2 atom stereocenters. The maximum absolute atomic E-state index is 10.8. The number of aliphatic hydroxyl groups excluding tert-OH is 1. The van der Waals surface area contributed by atoms with E-state index in [2.05, 4.69) is 15.5 Å². The molecule has 0 fully saturated rings. The van der Waals surface area contributed by atoms with Gasteiger partial charge in [0.1, 0.15) is 5.82 Å². The predicted molar refractivity (Wildman–Crippen MR) is 59.9 cm³/mol. The predicted octanol–water partition coefficient (Wildman–Crippen LogP) is 0.00430. The minimum atomic E-state index is -0.601. The van der Waals surface area contributed by atoms with Crippen LogP contribution in [0, 0.1) is 5.92 Å². The number of hydrogen-bond donors (Lipinski definition) is 3. The lowest BCUT2D eigenvalue weighted by atomic mass is 10.1. The van der Waals surface area contributed by atoms with E-state index in [1.54, 1.807) is 6.07 Å². The zero-order valence-electron chi connectivity index (χ0n) is 9.34. The van der Waals surface area contributed by atoms with Gasteiger partial charge in [-0.3, -0.25) is 4.79 Å². The molecule has 0 saturated heterocycles. The minimum absolute atomic E-state index is 0.0683. The molecule has 0 radical (unpaired) electrons. The first-order valence-corrected chi connectivity index (χ1v) is 5.05. The Morgan fingerprint density at radius 2 is 2.19 bits per heavy atom. The lowest BCUT2D eigenvalue weighted by Crippen LogP contribution is -2.27. The van der Waals surface area contributed by atoms with Gasteiger partial charge in [-0.2, -0.15) is 0 Å². The molecule has 4 N–H and O–H groups in total. The van der Waals surface area contributed by atoms with E-state index in [9.17, 15) is 4.79 Å². The van der Waals surface area contributed by atoms with Gasteiger partial charge in [-0.15, -0.1) is 10.2 Å². The van der Waals surface area contributed by atoms with Crippen molar-refractivity contribution in [1.29, 1.82) is 0 Å². The van der Waals surface area contributed by atoms with E-state index in [0.29, 0.717) is 5.82 Å². The van der Waals surface area contributed by atoms with Crippen molar-refractivity contribution in [2.75, 3.05) is 11.9 Å². The summed E-state index contributed by atoms with van der Waals surface area (Å²) in [4.78, 5) is 10.8. The molecule has 0 aliphatic carbocycles. The smallest absolute Gasteiger partial charge is 0.269 e. The number of primary amides is 1. The molecule has 1 aromatic heterocycles. The molecule has 0 saturated carbocycles. The summed E-state index contributed by atoms with van der Waals surface area (Å²) in [5.74, 6) is 0.0613. The van der Waals surface area contributed by atoms with Crippen LogP contribution in [0.2, 0.25) is 0 Å². The van der Waals surface area contributed by atoms with Crippen LogP contribution in [0.4, 0.5) is 5.82 Å². The van der Waals surface area contributed by atoms with Crippen molar-refractivity contribution < 1.29 is 9.90 Å². The van der Waals surface area contributed by atoms with Gasteiger partial charge in [-0.05, 0) is 25.0 Å². The third-order valence-electron chi connectivity index (χ3n) is 2.43. The molecule has 0 aliphatic heterocycles. The first-order valence-electron chi connectivity index (χ1n) is 5.05. The number of nitrogens with two attached hydrogens (primary N) is 1. The number of amides is 1. The number of rotatable bonds is 5. The number of anilines is 1. The molecule has 2 unspecified atom stereocenters. The summed E-state index contributed by atoms with van der Waals surface area (Å²) in [7, 11) is 0. The van der Waals surface area contributed by atoms with Crippen molar-refractivity contribution in [2.45, 2.75) is 19.9 Å². The molecule has 16 heavy (non-hydrogen) atoms. The number of carbonyl (C=O) groups excluding carboxylic acids is 1. The summed E-state index contributed by atoms with van der Waals surface area (Å²) in [5, 5.41) is 19.5. The quantitative estimate of drug-likeness (QED) is 0.653. The van der Waals surface area contributed by atoms with E-state index in [4.69, 9.17) is 10.8 Å². The van der Waals surface area contributed by atoms with Crippen LogP contribution in [0.25, 0.3) is 0 Å². The van der Waals surface area contributed by atoms with Crippen LogP contribution < -0.4 is 11.1 Å². The zero-order valence-corrected chi connectivity index (χ0v) is 9.34. The zero-order chi connectivity index (χ0) is 12.1. The van der Waals surface area contributed by atoms with E-state index in [1.165, 1.54) is 6.07 Å². The summed E-state index contributed by atoms with van der Waals surface area (Å²) in [6.45, 7) is 3.95. The lowest BCUT2D eigenvalue weighted by Gasteiger charge is -2.19. The van der Waals surface area contributed by atoms with Crippen LogP contribution in [-0.4, -0.2) is 33.9 Å². The standard InChI is InChI=1S/C10H16N4O2/c1-6(5-15)7(2)12-9-4-3-8(10(11)16)13-14-9/h3-4,6-7,15H,5H2,1-2H3,(H2,11,16)(H,12,14). The topological polar surface area (TPSA) is 101 Å². The van der Waals surface area contributed by atoms with Gasteiger partial charge in [0.15, 0.2) is 5.69 Å². The summed E-state index contributed by atoms with van der Waals surface area (Å²) in [6.07, 6.45) is 0. The van der Waals surface area contributed by atoms with Gasteiger partial charge in [0.05, 0.1) is 0 Å². The number of carbonyl (C=O) groups is 1. The minimum Gasteiger partial charge on any atom is -0.396 e. The average Bonchev–Trinajstić information content (AvgIpc) is 2.28. The molecule has 1 aromatic rings. The van der Waals surface area contributed by atoms with Crippen molar-refractivity contribution in [1.82, 2.24) is 10.2 Å². The third-order valence-corrected chi connectivity index (χ3v) is 2.43. The number of hydrogen-bond acceptors (Lipinski definition) is 5. The van der Waals surface area contributed by atoms with Crippen LogP contribution >= 0.6 is 0 Å². The lowest BCUT2D eigenvalue weighted by molar-refractivity contribution is 0.0994. The second kappa shape index (κ2) is 5.41. The average molecular weight is 224 g/mol. The number of aliphatic hydroxyl groups is 1. The van der Waals surface area contributed by atoms with Gasteiger partial charge >= 0.3 is 0 Å². The Balaban J connectivity index is 2.65. The van der Waals surface area contributed by atoms with Crippen molar-refractivity contribution in [3.63, 3.8) is 0 Å². The Bertz CT molecular complexity index is 352.